The monoisotopic (exact) mass is 309 g/mol. The molecule has 1 amide bonds. The van der Waals surface area contributed by atoms with Crippen LogP contribution < -0.4 is 0 Å². The molecule has 4 rings (SSSR count). The van der Waals surface area contributed by atoms with Crippen LogP contribution in [0.5, 0.6) is 0 Å². The number of likely N-dealkylation sites (tertiary alicyclic amines) is 1. The Morgan fingerprint density at radius 3 is 3.00 bits per heavy atom. The second-order valence-corrected chi connectivity index (χ2v) is 6.08. The third-order valence-electron chi connectivity index (χ3n) is 4.63. The Morgan fingerprint density at radius 2 is 2.22 bits per heavy atom. The molecule has 5 nitrogen and oxygen atoms in total. The van der Waals surface area contributed by atoms with Crippen LogP contribution in [0.4, 0.5) is 0 Å². The minimum Gasteiger partial charge on any atom is -0.451 e. The molecule has 3 heterocycles. The number of benzene rings is 1. The summed E-state index contributed by atoms with van der Waals surface area (Å²) in [7, 11) is 0. The summed E-state index contributed by atoms with van der Waals surface area (Å²) in [4.78, 5) is 14.9. The van der Waals surface area contributed by atoms with Crippen LogP contribution in [0.2, 0.25) is 0 Å². The molecule has 1 saturated heterocycles. The summed E-state index contributed by atoms with van der Waals surface area (Å²) in [5, 5.41) is 5.27. The SMILES string of the molecule is Cc1c(C(=O)N2CCC[C@H]2Cn2cccn2)oc2ccccc12. The van der Waals surface area contributed by atoms with Crippen LogP contribution in [0.3, 0.4) is 0 Å². The van der Waals surface area contributed by atoms with E-state index in [0.717, 1.165) is 42.5 Å². The van der Waals surface area contributed by atoms with Gasteiger partial charge in [0, 0.05) is 29.9 Å². The van der Waals surface area contributed by atoms with E-state index in [2.05, 4.69) is 5.10 Å². The molecule has 1 aliphatic heterocycles. The lowest BCUT2D eigenvalue weighted by Crippen LogP contribution is -2.38. The molecule has 1 fully saturated rings. The molecule has 0 N–H and O–H groups in total. The van der Waals surface area contributed by atoms with Gasteiger partial charge in [0.2, 0.25) is 0 Å². The number of rotatable bonds is 3. The van der Waals surface area contributed by atoms with Gasteiger partial charge in [0.25, 0.3) is 5.91 Å². The summed E-state index contributed by atoms with van der Waals surface area (Å²) in [6.45, 7) is 3.47. The van der Waals surface area contributed by atoms with Gasteiger partial charge in [-0.25, -0.2) is 0 Å². The number of hydrogen-bond donors (Lipinski definition) is 0. The number of aromatic nitrogens is 2. The lowest BCUT2D eigenvalue weighted by molar-refractivity contribution is 0.0690. The van der Waals surface area contributed by atoms with Crippen molar-refractivity contribution < 1.29 is 9.21 Å². The second-order valence-electron chi connectivity index (χ2n) is 6.08. The van der Waals surface area contributed by atoms with E-state index in [0.29, 0.717) is 5.76 Å². The minimum absolute atomic E-state index is 0.00615. The summed E-state index contributed by atoms with van der Waals surface area (Å²) in [5.74, 6) is 0.465. The highest BCUT2D eigenvalue weighted by molar-refractivity contribution is 5.99. The zero-order chi connectivity index (χ0) is 15.8. The molecule has 0 spiro atoms. The van der Waals surface area contributed by atoms with E-state index in [1.807, 2.05) is 53.0 Å². The van der Waals surface area contributed by atoms with E-state index >= 15 is 0 Å². The normalized spacial score (nSPS) is 18.0. The number of hydrogen-bond acceptors (Lipinski definition) is 3. The fraction of sp³-hybridized carbons (Fsp3) is 0.333. The predicted octanol–water partition coefficient (Wildman–Crippen LogP) is 3.24. The highest BCUT2D eigenvalue weighted by Crippen LogP contribution is 2.28. The Labute approximate surface area is 134 Å². The summed E-state index contributed by atoms with van der Waals surface area (Å²) in [6, 6.07) is 9.88. The van der Waals surface area contributed by atoms with Crippen LogP contribution in [0.25, 0.3) is 11.0 Å². The topological polar surface area (TPSA) is 51.3 Å². The summed E-state index contributed by atoms with van der Waals surface area (Å²) < 4.78 is 7.73. The van der Waals surface area contributed by atoms with Gasteiger partial charge in [0.05, 0.1) is 12.6 Å². The summed E-state index contributed by atoms with van der Waals surface area (Å²) in [6.07, 6.45) is 5.74. The number of carbonyl (C=O) groups excluding carboxylic acids is 1. The number of nitrogens with zero attached hydrogens (tertiary/aromatic N) is 3. The molecule has 3 aromatic rings. The van der Waals surface area contributed by atoms with Crippen molar-refractivity contribution in [3.8, 4) is 0 Å². The van der Waals surface area contributed by atoms with Crippen LogP contribution in [0, 0.1) is 6.92 Å². The van der Waals surface area contributed by atoms with E-state index in [4.69, 9.17) is 4.42 Å². The highest BCUT2D eigenvalue weighted by atomic mass is 16.3. The van der Waals surface area contributed by atoms with E-state index in [1.54, 1.807) is 6.20 Å². The second kappa shape index (κ2) is 5.57. The van der Waals surface area contributed by atoms with Crippen molar-refractivity contribution in [2.75, 3.05) is 6.54 Å². The highest BCUT2D eigenvalue weighted by Gasteiger charge is 2.32. The number of amides is 1. The number of furan rings is 1. The van der Waals surface area contributed by atoms with Gasteiger partial charge in [-0.2, -0.15) is 5.10 Å². The molecular weight excluding hydrogens is 290 g/mol. The number of aryl methyl sites for hydroxylation is 1. The Morgan fingerprint density at radius 1 is 1.35 bits per heavy atom. The Kier molecular flexibility index (Phi) is 3.41. The molecule has 1 aliphatic rings. The molecule has 1 aromatic carbocycles. The van der Waals surface area contributed by atoms with Gasteiger partial charge >= 0.3 is 0 Å². The molecule has 118 valence electrons. The zero-order valence-corrected chi connectivity index (χ0v) is 13.1. The van der Waals surface area contributed by atoms with Crippen LogP contribution in [0.15, 0.2) is 47.1 Å². The van der Waals surface area contributed by atoms with E-state index in [9.17, 15) is 4.79 Å². The summed E-state index contributed by atoms with van der Waals surface area (Å²) in [5.41, 5.74) is 1.70. The molecule has 0 saturated carbocycles. The first-order chi connectivity index (χ1) is 11.2. The molecule has 0 bridgehead atoms. The maximum atomic E-state index is 13.0. The van der Waals surface area contributed by atoms with Gasteiger partial charge in [-0.1, -0.05) is 18.2 Å². The molecule has 5 heteroatoms. The van der Waals surface area contributed by atoms with Crippen molar-refractivity contribution in [2.24, 2.45) is 0 Å². The van der Waals surface area contributed by atoms with E-state index in [1.165, 1.54) is 0 Å². The molecule has 0 unspecified atom stereocenters. The molecule has 0 aliphatic carbocycles. The molecule has 23 heavy (non-hydrogen) atoms. The van der Waals surface area contributed by atoms with Crippen molar-refractivity contribution in [3.05, 3.63) is 54.0 Å². The van der Waals surface area contributed by atoms with Crippen LogP contribution >= 0.6 is 0 Å². The first kappa shape index (κ1) is 14.1. The predicted molar refractivity (Wildman–Crippen MR) is 87.2 cm³/mol. The van der Waals surface area contributed by atoms with Crippen LogP contribution in [0.1, 0.15) is 29.0 Å². The maximum absolute atomic E-state index is 13.0. The maximum Gasteiger partial charge on any atom is 0.290 e. The fourth-order valence-electron chi connectivity index (χ4n) is 3.43. The average molecular weight is 309 g/mol. The Balaban J connectivity index is 1.63. The zero-order valence-electron chi connectivity index (χ0n) is 13.1. The first-order valence-corrected chi connectivity index (χ1v) is 8.00. The number of carbonyl (C=O) groups is 1. The van der Waals surface area contributed by atoms with Crippen molar-refractivity contribution in [3.63, 3.8) is 0 Å². The largest absolute Gasteiger partial charge is 0.451 e. The smallest absolute Gasteiger partial charge is 0.290 e. The molecule has 1 atom stereocenters. The van der Waals surface area contributed by atoms with Crippen molar-refractivity contribution in [2.45, 2.75) is 32.4 Å². The fourth-order valence-corrected chi connectivity index (χ4v) is 3.43. The standard InChI is InChI=1S/C18H19N3O2/c1-13-15-7-2-3-8-16(15)23-17(13)18(22)21-11-4-6-14(21)12-20-10-5-9-19-20/h2-3,5,7-10,14H,4,6,11-12H2,1H3/t14-/m0/s1. The molecular formula is C18H19N3O2. The first-order valence-electron chi connectivity index (χ1n) is 8.00. The third kappa shape index (κ3) is 2.42. The lowest BCUT2D eigenvalue weighted by atomic mass is 10.1. The minimum atomic E-state index is -0.00615. The third-order valence-corrected chi connectivity index (χ3v) is 4.63. The van der Waals surface area contributed by atoms with Gasteiger partial charge in [0.1, 0.15) is 5.58 Å². The van der Waals surface area contributed by atoms with Gasteiger partial charge in [-0.15, -0.1) is 0 Å². The van der Waals surface area contributed by atoms with Gasteiger partial charge in [-0.05, 0) is 31.9 Å². The lowest BCUT2D eigenvalue weighted by Gasteiger charge is -2.24. The Hall–Kier alpha value is -2.56. The van der Waals surface area contributed by atoms with Crippen molar-refractivity contribution >= 4 is 16.9 Å². The number of fused-ring (bicyclic) bond motifs is 1. The van der Waals surface area contributed by atoms with E-state index < -0.39 is 0 Å². The quantitative estimate of drug-likeness (QED) is 0.746. The van der Waals surface area contributed by atoms with Crippen LogP contribution in [-0.2, 0) is 6.54 Å². The molecule has 2 aromatic heterocycles. The van der Waals surface area contributed by atoms with Crippen molar-refractivity contribution in [1.82, 2.24) is 14.7 Å². The van der Waals surface area contributed by atoms with Crippen LogP contribution in [-0.4, -0.2) is 33.2 Å². The average Bonchev–Trinajstić information content (AvgIpc) is 3.29. The van der Waals surface area contributed by atoms with Gasteiger partial charge in [0.15, 0.2) is 5.76 Å². The van der Waals surface area contributed by atoms with E-state index in [-0.39, 0.29) is 11.9 Å². The molecule has 0 radical (unpaired) electrons. The van der Waals surface area contributed by atoms with Crippen molar-refractivity contribution in [1.29, 1.82) is 0 Å². The number of para-hydroxylation sites is 1. The summed E-state index contributed by atoms with van der Waals surface area (Å²) >= 11 is 0. The van der Waals surface area contributed by atoms with Gasteiger partial charge in [-0.3, -0.25) is 9.48 Å². The Bertz CT molecular complexity index is 835. The van der Waals surface area contributed by atoms with Gasteiger partial charge < -0.3 is 9.32 Å².